The fourth-order valence-corrected chi connectivity index (χ4v) is 2.87. The van der Waals surface area contributed by atoms with Crippen molar-refractivity contribution in [1.29, 1.82) is 0 Å². The fraction of sp³-hybridized carbons (Fsp3) is 0.750. The molecule has 1 N–H and O–H groups in total. The highest BCUT2D eigenvalue weighted by Crippen LogP contribution is 2.43. The van der Waals surface area contributed by atoms with Crippen LogP contribution in [0.4, 0.5) is 5.13 Å². The maximum Gasteiger partial charge on any atom is 0.202 e. The van der Waals surface area contributed by atoms with E-state index in [4.69, 9.17) is 23.2 Å². The normalized spacial score (nSPS) is 20.5. The van der Waals surface area contributed by atoms with Crippen LogP contribution in [0.3, 0.4) is 0 Å². The van der Waals surface area contributed by atoms with Crippen LogP contribution in [-0.2, 0) is 6.42 Å². The zero-order valence-electron chi connectivity index (χ0n) is 7.76. The number of hydrogen-bond acceptors (Lipinski definition) is 4. The molecule has 0 unspecified atom stereocenters. The van der Waals surface area contributed by atoms with Crippen molar-refractivity contribution in [3.8, 4) is 0 Å². The number of hydrogen-bond donors (Lipinski definition) is 1. The zero-order valence-corrected chi connectivity index (χ0v) is 10.1. The van der Waals surface area contributed by atoms with Gasteiger partial charge in [-0.1, -0.05) is 6.92 Å². The highest BCUT2D eigenvalue weighted by atomic mass is 35.5. The maximum absolute atomic E-state index is 5.89. The molecule has 0 amide bonds. The number of rotatable bonds is 3. The van der Waals surface area contributed by atoms with E-state index in [9.17, 15) is 0 Å². The molecule has 1 aliphatic rings. The molecule has 1 aliphatic carbocycles. The Morgan fingerprint density at radius 1 is 1.57 bits per heavy atom. The first-order chi connectivity index (χ1) is 6.59. The van der Waals surface area contributed by atoms with Crippen molar-refractivity contribution < 1.29 is 0 Å². The van der Waals surface area contributed by atoms with Crippen molar-refractivity contribution in [3.05, 3.63) is 5.82 Å². The second-order valence-electron chi connectivity index (χ2n) is 3.47. The lowest BCUT2D eigenvalue weighted by molar-refractivity contribution is 0.414. The summed E-state index contributed by atoms with van der Waals surface area (Å²) in [4.78, 5) is 4.31. The Morgan fingerprint density at radius 2 is 2.29 bits per heavy atom. The lowest BCUT2D eigenvalue weighted by Crippen LogP contribution is -2.42. The smallest absolute Gasteiger partial charge is 0.202 e. The second kappa shape index (κ2) is 3.83. The third kappa shape index (κ3) is 2.30. The Kier molecular flexibility index (Phi) is 2.86. The minimum atomic E-state index is -0.532. The molecule has 6 heteroatoms. The molecule has 0 aliphatic heterocycles. The van der Waals surface area contributed by atoms with Crippen molar-refractivity contribution in [1.82, 2.24) is 9.36 Å². The molecule has 14 heavy (non-hydrogen) atoms. The molecule has 0 radical (unpaired) electrons. The topological polar surface area (TPSA) is 37.8 Å². The average molecular weight is 252 g/mol. The van der Waals surface area contributed by atoms with Gasteiger partial charge in [0.1, 0.15) is 10.2 Å². The van der Waals surface area contributed by atoms with E-state index in [0.29, 0.717) is 6.04 Å². The van der Waals surface area contributed by atoms with Gasteiger partial charge >= 0.3 is 0 Å². The molecule has 78 valence electrons. The largest absolute Gasteiger partial charge is 0.357 e. The minimum Gasteiger partial charge on any atom is -0.357 e. The maximum atomic E-state index is 5.89. The van der Waals surface area contributed by atoms with Crippen molar-refractivity contribution in [2.45, 2.75) is 36.6 Å². The van der Waals surface area contributed by atoms with Crippen LogP contribution in [0, 0.1) is 0 Å². The van der Waals surface area contributed by atoms with Gasteiger partial charge in [-0.25, -0.2) is 4.98 Å². The highest BCUT2D eigenvalue weighted by molar-refractivity contribution is 7.09. The van der Waals surface area contributed by atoms with Crippen LogP contribution in [0.5, 0.6) is 0 Å². The molecule has 0 atom stereocenters. The molecule has 1 heterocycles. The number of aromatic nitrogens is 2. The molecule has 1 aromatic rings. The summed E-state index contributed by atoms with van der Waals surface area (Å²) < 4.78 is 3.65. The quantitative estimate of drug-likeness (QED) is 0.840. The summed E-state index contributed by atoms with van der Waals surface area (Å²) in [5.74, 6) is 0.889. The summed E-state index contributed by atoms with van der Waals surface area (Å²) >= 11 is 13.2. The summed E-state index contributed by atoms with van der Waals surface area (Å²) in [5, 5.41) is 4.14. The first-order valence-corrected chi connectivity index (χ1v) is 6.09. The number of anilines is 1. The predicted molar refractivity (Wildman–Crippen MR) is 60.4 cm³/mol. The van der Waals surface area contributed by atoms with Gasteiger partial charge in [-0.3, -0.25) is 0 Å². The SMILES string of the molecule is CCc1nsc(NC2CC(Cl)(Cl)C2)n1. The summed E-state index contributed by atoms with van der Waals surface area (Å²) in [6.45, 7) is 2.04. The molecule has 1 fully saturated rings. The third-order valence-electron chi connectivity index (χ3n) is 2.20. The fourth-order valence-electron chi connectivity index (χ4n) is 1.39. The van der Waals surface area contributed by atoms with Crippen LogP contribution in [0.2, 0.25) is 0 Å². The standard InChI is InChI=1S/C8H11Cl2N3S/c1-2-6-12-7(14-13-6)11-5-3-8(9,10)4-5/h5H,2-4H2,1H3,(H,11,12,13). The molecule has 2 rings (SSSR count). The highest BCUT2D eigenvalue weighted by Gasteiger charge is 2.41. The van der Waals surface area contributed by atoms with Crippen molar-refractivity contribution in [3.63, 3.8) is 0 Å². The number of alkyl halides is 2. The molecule has 1 aromatic heterocycles. The summed E-state index contributed by atoms with van der Waals surface area (Å²) in [6, 6.07) is 0.350. The Labute approximate surface area is 97.0 Å². The molecule has 3 nitrogen and oxygen atoms in total. The van der Waals surface area contributed by atoms with Gasteiger partial charge in [0.2, 0.25) is 5.13 Å². The van der Waals surface area contributed by atoms with E-state index >= 15 is 0 Å². The minimum absolute atomic E-state index is 0.350. The van der Waals surface area contributed by atoms with Crippen LogP contribution in [-0.4, -0.2) is 19.7 Å². The number of nitrogens with one attached hydrogen (secondary N) is 1. The van der Waals surface area contributed by atoms with Crippen molar-refractivity contribution >= 4 is 39.9 Å². The van der Waals surface area contributed by atoms with E-state index in [1.54, 1.807) is 0 Å². The van der Waals surface area contributed by atoms with Gasteiger partial charge in [-0.15, -0.1) is 23.2 Å². The second-order valence-corrected chi connectivity index (χ2v) is 5.87. The van der Waals surface area contributed by atoms with Crippen LogP contribution in [0.1, 0.15) is 25.6 Å². The lowest BCUT2D eigenvalue weighted by atomic mass is 9.92. The molecular formula is C8H11Cl2N3S. The molecule has 1 saturated carbocycles. The zero-order chi connectivity index (χ0) is 10.2. The van der Waals surface area contributed by atoms with E-state index in [0.717, 1.165) is 30.2 Å². The van der Waals surface area contributed by atoms with Gasteiger partial charge in [0.25, 0.3) is 0 Å². The Morgan fingerprint density at radius 3 is 2.79 bits per heavy atom. The van der Waals surface area contributed by atoms with Gasteiger partial charge in [0.05, 0.1) is 0 Å². The Hall–Kier alpha value is -0.0600. The summed E-state index contributed by atoms with van der Waals surface area (Å²) in [5.41, 5.74) is 0. The van der Waals surface area contributed by atoms with E-state index < -0.39 is 4.33 Å². The Balaban J connectivity index is 1.87. The molecular weight excluding hydrogens is 241 g/mol. The van der Waals surface area contributed by atoms with Gasteiger partial charge in [0, 0.05) is 36.8 Å². The Bertz CT molecular complexity index is 318. The van der Waals surface area contributed by atoms with Crippen LogP contribution >= 0.6 is 34.7 Å². The van der Waals surface area contributed by atoms with Crippen molar-refractivity contribution in [2.75, 3.05) is 5.32 Å². The van der Waals surface area contributed by atoms with Crippen LogP contribution in [0.25, 0.3) is 0 Å². The number of halogens is 2. The van der Waals surface area contributed by atoms with Crippen LogP contribution in [0.15, 0.2) is 0 Å². The number of nitrogens with zero attached hydrogens (tertiary/aromatic N) is 2. The van der Waals surface area contributed by atoms with E-state index in [2.05, 4.69) is 14.7 Å². The summed E-state index contributed by atoms with van der Waals surface area (Å²) in [6.07, 6.45) is 2.42. The van der Waals surface area contributed by atoms with Gasteiger partial charge < -0.3 is 5.32 Å². The van der Waals surface area contributed by atoms with Crippen molar-refractivity contribution in [2.24, 2.45) is 0 Å². The first kappa shape index (κ1) is 10.5. The predicted octanol–water partition coefficient (Wildman–Crippen LogP) is 2.85. The first-order valence-electron chi connectivity index (χ1n) is 4.56. The van der Waals surface area contributed by atoms with E-state index in [-0.39, 0.29) is 0 Å². The molecule has 0 saturated heterocycles. The third-order valence-corrected chi connectivity index (χ3v) is 3.50. The monoisotopic (exact) mass is 251 g/mol. The average Bonchev–Trinajstić information content (AvgIpc) is 2.49. The van der Waals surface area contributed by atoms with Gasteiger partial charge in [-0.05, 0) is 0 Å². The van der Waals surface area contributed by atoms with Gasteiger partial charge in [-0.2, -0.15) is 4.37 Å². The molecule has 0 spiro atoms. The van der Waals surface area contributed by atoms with Gasteiger partial charge in [0.15, 0.2) is 0 Å². The van der Waals surface area contributed by atoms with E-state index in [1.165, 1.54) is 11.5 Å². The number of aryl methyl sites for hydroxylation is 1. The summed E-state index contributed by atoms with van der Waals surface area (Å²) in [7, 11) is 0. The lowest BCUT2D eigenvalue weighted by Gasteiger charge is -2.38. The molecule has 0 bridgehead atoms. The van der Waals surface area contributed by atoms with Crippen LogP contribution < -0.4 is 5.32 Å². The molecule has 0 aromatic carbocycles. The van der Waals surface area contributed by atoms with E-state index in [1.807, 2.05) is 6.92 Å².